The zero-order valence-corrected chi connectivity index (χ0v) is 19.3. The number of hydrogen-bond acceptors (Lipinski definition) is 6. The molecule has 0 aliphatic rings. The fourth-order valence-electron chi connectivity index (χ4n) is 3.06. The maximum absolute atomic E-state index is 12.3. The van der Waals surface area contributed by atoms with E-state index in [0.29, 0.717) is 35.8 Å². The molecule has 3 aromatic rings. The zero-order valence-electron chi connectivity index (χ0n) is 19.3. The summed E-state index contributed by atoms with van der Waals surface area (Å²) in [7, 11) is 0. The number of nitrogens with zero attached hydrogens (tertiary/aromatic N) is 2. The van der Waals surface area contributed by atoms with E-state index in [1.54, 1.807) is 42.5 Å². The first kappa shape index (κ1) is 24.3. The van der Waals surface area contributed by atoms with Crippen LogP contribution in [-0.2, 0) is 6.61 Å². The van der Waals surface area contributed by atoms with Crippen molar-refractivity contribution in [2.24, 2.45) is 5.10 Å². The minimum Gasteiger partial charge on any atom is -0.494 e. The second-order valence-electron chi connectivity index (χ2n) is 7.27. The minimum atomic E-state index is -0.320. The Hall–Kier alpha value is -4.31. The Balaban J connectivity index is 1.62. The molecule has 7 heteroatoms. The van der Waals surface area contributed by atoms with E-state index in [-0.39, 0.29) is 12.5 Å². The SMILES string of the molecule is CCCOc1ccc(C(=O)N/N=C/c2ccc(OCc3ccccc3C#N)c(OCC)c2)cc1. The maximum atomic E-state index is 12.3. The third-order valence-corrected chi connectivity index (χ3v) is 4.76. The molecule has 0 aliphatic heterocycles. The molecule has 0 bridgehead atoms. The standard InChI is InChI=1S/C27H27N3O4/c1-3-15-33-24-12-10-21(11-13-24)27(31)30-29-18-20-9-14-25(26(16-20)32-4-2)34-19-23-8-6-5-7-22(23)17-28/h5-14,16,18H,3-4,15,19H2,1-2H3,(H,30,31)/b29-18+. The monoisotopic (exact) mass is 457 g/mol. The first-order chi connectivity index (χ1) is 16.6. The number of hydrogen-bond donors (Lipinski definition) is 1. The molecular weight excluding hydrogens is 430 g/mol. The van der Waals surface area contributed by atoms with Crippen molar-refractivity contribution in [2.75, 3.05) is 13.2 Å². The van der Waals surface area contributed by atoms with Gasteiger partial charge in [-0.15, -0.1) is 0 Å². The van der Waals surface area contributed by atoms with E-state index in [0.717, 1.165) is 23.3 Å². The lowest BCUT2D eigenvalue weighted by Crippen LogP contribution is -2.17. The van der Waals surface area contributed by atoms with Gasteiger partial charge in [-0.05, 0) is 67.4 Å². The lowest BCUT2D eigenvalue weighted by molar-refractivity contribution is 0.0955. The normalized spacial score (nSPS) is 10.5. The third-order valence-electron chi connectivity index (χ3n) is 4.76. The van der Waals surface area contributed by atoms with Crippen molar-refractivity contribution in [3.05, 3.63) is 89.0 Å². The van der Waals surface area contributed by atoms with Gasteiger partial charge in [-0.25, -0.2) is 5.43 Å². The number of hydrazone groups is 1. The Labute approximate surface area is 199 Å². The van der Waals surface area contributed by atoms with Crippen LogP contribution >= 0.6 is 0 Å². The highest BCUT2D eigenvalue weighted by molar-refractivity contribution is 5.95. The Morgan fingerprint density at radius 3 is 2.53 bits per heavy atom. The molecule has 174 valence electrons. The van der Waals surface area contributed by atoms with Crippen LogP contribution in [-0.4, -0.2) is 25.3 Å². The van der Waals surface area contributed by atoms with Gasteiger partial charge >= 0.3 is 0 Å². The number of rotatable bonds is 11. The smallest absolute Gasteiger partial charge is 0.271 e. The van der Waals surface area contributed by atoms with Crippen molar-refractivity contribution in [2.45, 2.75) is 26.9 Å². The molecule has 7 nitrogen and oxygen atoms in total. The Morgan fingerprint density at radius 2 is 1.79 bits per heavy atom. The van der Waals surface area contributed by atoms with Gasteiger partial charge in [-0.3, -0.25) is 4.79 Å². The highest BCUT2D eigenvalue weighted by atomic mass is 16.5. The molecule has 0 saturated heterocycles. The van der Waals surface area contributed by atoms with Crippen LogP contribution in [0.1, 0.15) is 47.3 Å². The molecular formula is C27H27N3O4. The van der Waals surface area contributed by atoms with Crippen LogP contribution in [0, 0.1) is 11.3 Å². The molecule has 1 amide bonds. The number of benzene rings is 3. The van der Waals surface area contributed by atoms with Gasteiger partial charge in [0.05, 0.1) is 31.1 Å². The molecule has 0 fully saturated rings. The second-order valence-corrected chi connectivity index (χ2v) is 7.27. The van der Waals surface area contributed by atoms with E-state index in [2.05, 4.69) is 16.6 Å². The molecule has 0 atom stereocenters. The number of amides is 1. The Kier molecular flexibility index (Phi) is 9.06. The summed E-state index contributed by atoms with van der Waals surface area (Å²) in [5, 5.41) is 13.3. The fourth-order valence-corrected chi connectivity index (χ4v) is 3.06. The maximum Gasteiger partial charge on any atom is 0.271 e. The molecule has 0 spiro atoms. The summed E-state index contributed by atoms with van der Waals surface area (Å²) in [6, 6.07) is 21.7. The van der Waals surface area contributed by atoms with Gasteiger partial charge in [-0.1, -0.05) is 25.1 Å². The van der Waals surface area contributed by atoms with Crippen molar-refractivity contribution in [1.82, 2.24) is 5.43 Å². The van der Waals surface area contributed by atoms with Gasteiger partial charge in [0.15, 0.2) is 11.5 Å². The molecule has 0 aliphatic carbocycles. The van der Waals surface area contributed by atoms with Crippen LogP contribution < -0.4 is 19.6 Å². The van der Waals surface area contributed by atoms with Crippen molar-refractivity contribution in [1.29, 1.82) is 5.26 Å². The molecule has 0 heterocycles. The Morgan fingerprint density at radius 1 is 1.00 bits per heavy atom. The molecule has 1 N–H and O–H groups in total. The van der Waals surface area contributed by atoms with Crippen LogP contribution in [0.3, 0.4) is 0 Å². The van der Waals surface area contributed by atoms with Gasteiger partial charge in [0, 0.05) is 11.1 Å². The highest BCUT2D eigenvalue weighted by Gasteiger charge is 2.09. The van der Waals surface area contributed by atoms with Crippen molar-refractivity contribution >= 4 is 12.1 Å². The summed E-state index contributed by atoms with van der Waals surface area (Å²) in [6.07, 6.45) is 2.46. The van der Waals surface area contributed by atoms with Gasteiger partial charge in [0.1, 0.15) is 12.4 Å². The predicted octanol–water partition coefficient (Wildman–Crippen LogP) is 5.09. The first-order valence-corrected chi connectivity index (χ1v) is 11.1. The van der Waals surface area contributed by atoms with E-state index in [1.807, 2.05) is 38.1 Å². The highest BCUT2D eigenvalue weighted by Crippen LogP contribution is 2.29. The van der Waals surface area contributed by atoms with Crippen LogP contribution in [0.25, 0.3) is 0 Å². The van der Waals surface area contributed by atoms with Crippen molar-refractivity contribution < 1.29 is 19.0 Å². The number of ether oxygens (including phenoxy) is 3. The molecule has 34 heavy (non-hydrogen) atoms. The lowest BCUT2D eigenvalue weighted by atomic mass is 10.1. The lowest BCUT2D eigenvalue weighted by Gasteiger charge is -2.13. The third kappa shape index (κ3) is 6.84. The van der Waals surface area contributed by atoms with Crippen molar-refractivity contribution in [3.8, 4) is 23.3 Å². The van der Waals surface area contributed by atoms with E-state index in [1.165, 1.54) is 6.21 Å². The van der Waals surface area contributed by atoms with Crippen LogP contribution in [0.4, 0.5) is 0 Å². The molecule has 0 radical (unpaired) electrons. The average molecular weight is 458 g/mol. The van der Waals surface area contributed by atoms with E-state index < -0.39 is 0 Å². The van der Waals surface area contributed by atoms with Crippen LogP contribution in [0.2, 0.25) is 0 Å². The first-order valence-electron chi connectivity index (χ1n) is 11.1. The van der Waals surface area contributed by atoms with Gasteiger partial charge in [0.2, 0.25) is 0 Å². The fraction of sp³-hybridized carbons (Fsp3) is 0.222. The van der Waals surface area contributed by atoms with E-state index in [4.69, 9.17) is 14.2 Å². The van der Waals surface area contributed by atoms with Crippen LogP contribution in [0.15, 0.2) is 71.8 Å². The molecule has 0 unspecified atom stereocenters. The molecule has 0 aromatic heterocycles. The van der Waals surface area contributed by atoms with E-state index in [9.17, 15) is 10.1 Å². The second kappa shape index (κ2) is 12.7. The summed E-state index contributed by atoms with van der Waals surface area (Å²) in [6.45, 7) is 5.26. The largest absolute Gasteiger partial charge is 0.494 e. The van der Waals surface area contributed by atoms with Gasteiger partial charge in [-0.2, -0.15) is 10.4 Å². The summed E-state index contributed by atoms with van der Waals surface area (Å²) < 4.78 is 17.1. The summed E-state index contributed by atoms with van der Waals surface area (Å²) in [5.74, 6) is 1.51. The number of carbonyl (C=O) groups excluding carboxylic acids is 1. The Bertz CT molecular complexity index is 1170. The zero-order chi connectivity index (χ0) is 24.2. The number of nitriles is 1. The molecule has 3 rings (SSSR count). The quantitative estimate of drug-likeness (QED) is 0.320. The van der Waals surface area contributed by atoms with E-state index >= 15 is 0 Å². The van der Waals surface area contributed by atoms with Gasteiger partial charge in [0.25, 0.3) is 5.91 Å². The summed E-state index contributed by atoms with van der Waals surface area (Å²) >= 11 is 0. The number of carbonyl (C=O) groups is 1. The van der Waals surface area contributed by atoms with Crippen molar-refractivity contribution in [3.63, 3.8) is 0 Å². The predicted molar refractivity (Wildman–Crippen MR) is 130 cm³/mol. The summed E-state index contributed by atoms with van der Waals surface area (Å²) in [5.41, 5.74) is 5.11. The topological polar surface area (TPSA) is 92.9 Å². The summed E-state index contributed by atoms with van der Waals surface area (Å²) in [4.78, 5) is 12.3. The molecule has 0 saturated carbocycles. The van der Waals surface area contributed by atoms with Gasteiger partial charge < -0.3 is 14.2 Å². The average Bonchev–Trinajstić information content (AvgIpc) is 2.87. The molecule has 3 aromatic carbocycles. The van der Waals surface area contributed by atoms with Crippen LogP contribution in [0.5, 0.6) is 17.2 Å². The minimum absolute atomic E-state index is 0.246. The number of nitrogens with one attached hydrogen (secondary N) is 1.